The predicted molar refractivity (Wildman–Crippen MR) is 74.6 cm³/mol. The van der Waals surface area contributed by atoms with Gasteiger partial charge in [0.1, 0.15) is 5.78 Å². The summed E-state index contributed by atoms with van der Waals surface area (Å²) in [6.07, 6.45) is 5.41. The van der Waals surface area contributed by atoms with Gasteiger partial charge >= 0.3 is 0 Å². The first-order valence-electron chi connectivity index (χ1n) is 7.21. The van der Waals surface area contributed by atoms with Gasteiger partial charge in [0.15, 0.2) is 0 Å². The summed E-state index contributed by atoms with van der Waals surface area (Å²) in [6.45, 7) is 1.60. The van der Waals surface area contributed by atoms with Gasteiger partial charge in [-0.2, -0.15) is 0 Å². The number of hydrogen-bond donors (Lipinski definition) is 0. The van der Waals surface area contributed by atoms with Crippen molar-refractivity contribution in [3.8, 4) is 0 Å². The number of fused-ring (bicyclic) bond motifs is 2. The Morgan fingerprint density at radius 2 is 1.84 bits per heavy atom. The molecule has 110 valence electrons. The van der Waals surface area contributed by atoms with E-state index in [0.29, 0.717) is 32.0 Å². The van der Waals surface area contributed by atoms with E-state index in [1.165, 1.54) is 6.42 Å². The van der Waals surface area contributed by atoms with Gasteiger partial charge in [0.25, 0.3) is 0 Å². The molecule has 0 radical (unpaired) electrons. The van der Waals surface area contributed by atoms with Crippen molar-refractivity contribution < 1.29 is 18.5 Å². The van der Waals surface area contributed by atoms with Crippen molar-refractivity contribution in [3.63, 3.8) is 0 Å². The van der Waals surface area contributed by atoms with Crippen molar-refractivity contribution in [2.24, 2.45) is 5.92 Å². The van der Waals surface area contributed by atoms with E-state index in [1.54, 1.807) is 7.11 Å². The zero-order chi connectivity index (χ0) is 13.7. The Kier molecular flexibility index (Phi) is 5.98. The molecule has 0 aromatic carbocycles. The van der Waals surface area contributed by atoms with Crippen LogP contribution in [0.2, 0.25) is 0 Å². The molecular formula is C14H24O4S. The van der Waals surface area contributed by atoms with E-state index in [2.05, 4.69) is 0 Å². The molecule has 2 bridgehead atoms. The van der Waals surface area contributed by atoms with E-state index in [9.17, 15) is 9.00 Å². The van der Waals surface area contributed by atoms with Crippen LogP contribution in [-0.2, 0) is 25.1 Å². The Balaban J connectivity index is 1.73. The number of Topliss-reactive ketones (excluding diaryl/α,β-unsaturated/α-hetero) is 1. The minimum atomic E-state index is -0.683. The molecule has 2 unspecified atom stereocenters. The molecule has 0 spiro atoms. The molecule has 0 aromatic rings. The summed E-state index contributed by atoms with van der Waals surface area (Å²) in [5.41, 5.74) is 0. The molecule has 0 N–H and O–H groups in total. The highest BCUT2D eigenvalue weighted by Gasteiger charge is 2.39. The SMILES string of the molecule is COCCOCCC(=O)C1CC2CCCC(C1)S2=O. The smallest absolute Gasteiger partial charge is 0.138 e. The molecule has 0 saturated carbocycles. The fourth-order valence-corrected chi connectivity index (χ4v) is 5.30. The number of carbonyl (C=O) groups excluding carboxylic acids is 1. The third-order valence-corrected chi connectivity index (χ3v) is 6.35. The molecule has 5 heteroatoms. The minimum absolute atomic E-state index is 0.124. The van der Waals surface area contributed by atoms with E-state index in [1.807, 2.05) is 0 Å². The van der Waals surface area contributed by atoms with Crippen LogP contribution in [-0.4, -0.2) is 47.4 Å². The largest absolute Gasteiger partial charge is 0.382 e. The molecule has 2 aliphatic heterocycles. The third-order valence-electron chi connectivity index (χ3n) is 4.18. The van der Waals surface area contributed by atoms with Crippen LogP contribution in [0.25, 0.3) is 0 Å². The zero-order valence-corrected chi connectivity index (χ0v) is 12.5. The molecule has 2 fully saturated rings. The van der Waals surface area contributed by atoms with Crippen molar-refractivity contribution in [1.29, 1.82) is 0 Å². The second-order valence-electron chi connectivity index (χ2n) is 5.49. The van der Waals surface area contributed by atoms with E-state index < -0.39 is 10.8 Å². The first kappa shape index (κ1) is 15.1. The lowest BCUT2D eigenvalue weighted by atomic mass is 9.86. The first-order valence-corrected chi connectivity index (χ1v) is 8.48. The highest BCUT2D eigenvalue weighted by molar-refractivity contribution is 7.86. The fourth-order valence-electron chi connectivity index (χ4n) is 3.12. The average Bonchev–Trinajstić information content (AvgIpc) is 2.38. The summed E-state index contributed by atoms with van der Waals surface area (Å²) in [5.74, 6) is 0.421. The summed E-state index contributed by atoms with van der Waals surface area (Å²) in [6, 6.07) is 0. The average molecular weight is 288 g/mol. The van der Waals surface area contributed by atoms with E-state index in [0.717, 1.165) is 25.7 Å². The summed E-state index contributed by atoms with van der Waals surface area (Å²) < 4.78 is 22.3. The van der Waals surface area contributed by atoms with E-state index >= 15 is 0 Å². The molecule has 2 rings (SSSR count). The van der Waals surface area contributed by atoms with Crippen molar-refractivity contribution in [2.75, 3.05) is 26.9 Å². The molecule has 0 aromatic heterocycles. The van der Waals surface area contributed by atoms with Crippen molar-refractivity contribution in [1.82, 2.24) is 0 Å². The van der Waals surface area contributed by atoms with Crippen LogP contribution in [0.3, 0.4) is 0 Å². The molecule has 19 heavy (non-hydrogen) atoms. The number of ketones is 1. The number of hydrogen-bond acceptors (Lipinski definition) is 4. The van der Waals surface area contributed by atoms with Gasteiger partial charge in [-0.3, -0.25) is 9.00 Å². The molecule has 2 aliphatic rings. The quantitative estimate of drug-likeness (QED) is 0.669. The topological polar surface area (TPSA) is 52.6 Å². The lowest BCUT2D eigenvalue weighted by molar-refractivity contribution is -0.124. The van der Waals surface area contributed by atoms with Crippen LogP contribution in [0.5, 0.6) is 0 Å². The molecule has 0 amide bonds. The molecule has 2 atom stereocenters. The number of carbonyl (C=O) groups is 1. The maximum absolute atomic E-state index is 12.2. The second-order valence-corrected chi connectivity index (χ2v) is 7.48. The van der Waals surface area contributed by atoms with Gasteiger partial charge in [-0.25, -0.2) is 0 Å². The summed E-state index contributed by atoms with van der Waals surface area (Å²) in [5, 5.41) is 0.548. The van der Waals surface area contributed by atoms with Gasteiger partial charge in [0, 0.05) is 40.7 Å². The highest BCUT2D eigenvalue weighted by Crippen LogP contribution is 2.37. The zero-order valence-electron chi connectivity index (χ0n) is 11.6. The molecule has 2 saturated heterocycles. The Bertz CT molecular complexity index is 315. The van der Waals surface area contributed by atoms with Gasteiger partial charge in [0.2, 0.25) is 0 Å². The third kappa shape index (κ3) is 4.10. The fraction of sp³-hybridized carbons (Fsp3) is 0.929. The van der Waals surface area contributed by atoms with Gasteiger partial charge in [-0.05, 0) is 25.7 Å². The van der Waals surface area contributed by atoms with Gasteiger partial charge in [0.05, 0.1) is 19.8 Å². The number of methoxy groups -OCH3 is 1. The lowest BCUT2D eigenvalue weighted by Crippen LogP contribution is -2.41. The maximum Gasteiger partial charge on any atom is 0.138 e. The predicted octanol–water partition coefficient (Wildman–Crippen LogP) is 1.69. The molecule has 4 nitrogen and oxygen atoms in total. The number of ether oxygens (including phenoxy) is 2. The second kappa shape index (κ2) is 7.50. The lowest BCUT2D eigenvalue weighted by Gasteiger charge is -2.37. The van der Waals surface area contributed by atoms with Crippen LogP contribution in [0.1, 0.15) is 38.5 Å². The Morgan fingerprint density at radius 3 is 2.47 bits per heavy atom. The normalized spacial score (nSPS) is 34.2. The van der Waals surface area contributed by atoms with Crippen LogP contribution in [0.15, 0.2) is 0 Å². The Hall–Kier alpha value is -0.260. The first-order chi connectivity index (χ1) is 9.22. The van der Waals surface area contributed by atoms with E-state index in [-0.39, 0.29) is 16.4 Å². The van der Waals surface area contributed by atoms with Gasteiger partial charge in [-0.1, -0.05) is 6.42 Å². The monoisotopic (exact) mass is 288 g/mol. The van der Waals surface area contributed by atoms with Crippen LogP contribution in [0, 0.1) is 5.92 Å². The summed E-state index contributed by atoms with van der Waals surface area (Å²) >= 11 is 0. The van der Waals surface area contributed by atoms with Crippen molar-refractivity contribution in [2.45, 2.75) is 49.0 Å². The highest BCUT2D eigenvalue weighted by atomic mass is 32.2. The summed E-state index contributed by atoms with van der Waals surface area (Å²) in [4.78, 5) is 12.2. The Labute approximate surface area is 117 Å². The summed E-state index contributed by atoms with van der Waals surface area (Å²) in [7, 11) is 0.951. The van der Waals surface area contributed by atoms with Crippen LogP contribution >= 0.6 is 0 Å². The molecular weight excluding hydrogens is 264 g/mol. The Morgan fingerprint density at radius 1 is 1.16 bits per heavy atom. The van der Waals surface area contributed by atoms with Crippen molar-refractivity contribution in [3.05, 3.63) is 0 Å². The van der Waals surface area contributed by atoms with Gasteiger partial charge in [-0.15, -0.1) is 0 Å². The standard InChI is InChI=1S/C14H24O4S/c1-17-7-8-18-6-5-14(15)11-9-12-3-2-4-13(10-11)19(12)16/h11-13H,2-10H2,1H3. The van der Waals surface area contributed by atoms with E-state index in [4.69, 9.17) is 9.47 Å². The van der Waals surface area contributed by atoms with Crippen LogP contribution in [0.4, 0.5) is 0 Å². The van der Waals surface area contributed by atoms with Crippen LogP contribution < -0.4 is 0 Å². The van der Waals surface area contributed by atoms with Crippen molar-refractivity contribution >= 4 is 16.6 Å². The number of rotatable bonds is 7. The molecule has 2 heterocycles. The molecule has 0 aliphatic carbocycles. The minimum Gasteiger partial charge on any atom is -0.382 e. The van der Waals surface area contributed by atoms with Gasteiger partial charge < -0.3 is 9.47 Å². The maximum atomic E-state index is 12.2.